The molecule has 2 N–H and O–H groups in total. The standard InChI is InChI=1S/C13H20BrN3O/c1-8(2)13-16-11(14)6-12(17-13)15-10-5-3-4-9(10)7-18/h6,8-10,18H,3-5,7H2,1-2H3,(H,15,16,17). The summed E-state index contributed by atoms with van der Waals surface area (Å²) >= 11 is 3.42. The summed E-state index contributed by atoms with van der Waals surface area (Å²) in [4.78, 5) is 8.89. The summed E-state index contributed by atoms with van der Waals surface area (Å²) in [7, 11) is 0. The summed E-state index contributed by atoms with van der Waals surface area (Å²) in [6.45, 7) is 4.41. The third kappa shape index (κ3) is 3.20. The van der Waals surface area contributed by atoms with Crippen molar-refractivity contribution in [3.05, 3.63) is 16.5 Å². The molecule has 0 saturated heterocycles. The van der Waals surface area contributed by atoms with E-state index in [-0.39, 0.29) is 6.61 Å². The van der Waals surface area contributed by atoms with Gasteiger partial charge in [0.15, 0.2) is 0 Å². The number of aliphatic hydroxyl groups is 1. The Morgan fingerprint density at radius 1 is 1.44 bits per heavy atom. The summed E-state index contributed by atoms with van der Waals surface area (Å²) in [6, 6.07) is 2.23. The molecule has 1 aliphatic rings. The maximum absolute atomic E-state index is 9.33. The van der Waals surface area contributed by atoms with Crippen molar-refractivity contribution in [3.63, 3.8) is 0 Å². The molecular weight excluding hydrogens is 294 g/mol. The predicted octanol–water partition coefficient (Wildman–Crippen LogP) is 2.94. The van der Waals surface area contributed by atoms with E-state index in [1.54, 1.807) is 0 Å². The Bertz CT molecular complexity index is 411. The molecule has 1 fully saturated rings. The minimum Gasteiger partial charge on any atom is -0.396 e. The van der Waals surface area contributed by atoms with Crippen molar-refractivity contribution in [1.82, 2.24) is 9.97 Å². The van der Waals surface area contributed by atoms with E-state index in [2.05, 4.69) is 45.1 Å². The number of hydrogen-bond acceptors (Lipinski definition) is 4. The number of nitrogens with one attached hydrogen (secondary N) is 1. The fraction of sp³-hybridized carbons (Fsp3) is 0.692. The third-order valence-corrected chi connectivity index (χ3v) is 3.86. The zero-order chi connectivity index (χ0) is 13.1. The van der Waals surface area contributed by atoms with Gasteiger partial charge >= 0.3 is 0 Å². The molecular formula is C13H20BrN3O. The Morgan fingerprint density at radius 3 is 2.89 bits per heavy atom. The number of hydrogen-bond donors (Lipinski definition) is 2. The van der Waals surface area contributed by atoms with E-state index in [9.17, 15) is 5.11 Å². The molecule has 2 atom stereocenters. The van der Waals surface area contributed by atoms with E-state index >= 15 is 0 Å². The Morgan fingerprint density at radius 2 is 2.22 bits per heavy atom. The molecule has 18 heavy (non-hydrogen) atoms. The number of nitrogens with zero attached hydrogens (tertiary/aromatic N) is 2. The Labute approximate surface area is 116 Å². The lowest BCUT2D eigenvalue weighted by atomic mass is 10.1. The first kappa shape index (κ1) is 13.7. The zero-order valence-corrected chi connectivity index (χ0v) is 12.4. The van der Waals surface area contributed by atoms with Gasteiger partial charge in [0.2, 0.25) is 0 Å². The maximum Gasteiger partial charge on any atom is 0.134 e. The quantitative estimate of drug-likeness (QED) is 0.839. The summed E-state index contributed by atoms with van der Waals surface area (Å²) in [5, 5.41) is 12.8. The smallest absolute Gasteiger partial charge is 0.134 e. The van der Waals surface area contributed by atoms with Gasteiger partial charge in [-0.1, -0.05) is 20.3 Å². The van der Waals surface area contributed by atoms with Crippen LogP contribution in [0.3, 0.4) is 0 Å². The summed E-state index contributed by atoms with van der Waals surface area (Å²) in [6.07, 6.45) is 3.37. The molecule has 100 valence electrons. The molecule has 1 aliphatic carbocycles. The van der Waals surface area contributed by atoms with Crippen LogP contribution in [0.2, 0.25) is 0 Å². The van der Waals surface area contributed by atoms with E-state index < -0.39 is 0 Å². The van der Waals surface area contributed by atoms with Crippen molar-refractivity contribution in [2.24, 2.45) is 5.92 Å². The lowest BCUT2D eigenvalue weighted by molar-refractivity contribution is 0.222. The van der Waals surface area contributed by atoms with Gasteiger partial charge in [-0.05, 0) is 28.8 Å². The number of aliphatic hydroxyl groups excluding tert-OH is 1. The molecule has 0 aliphatic heterocycles. The molecule has 2 unspecified atom stereocenters. The lowest BCUT2D eigenvalue weighted by Crippen LogP contribution is -2.27. The van der Waals surface area contributed by atoms with Crippen molar-refractivity contribution in [2.45, 2.75) is 45.1 Å². The van der Waals surface area contributed by atoms with Crippen molar-refractivity contribution in [3.8, 4) is 0 Å². The second-order valence-electron chi connectivity index (χ2n) is 5.21. The first-order valence-corrected chi connectivity index (χ1v) is 7.31. The fourth-order valence-corrected chi connectivity index (χ4v) is 2.80. The Balaban J connectivity index is 2.13. The van der Waals surface area contributed by atoms with Gasteiger partial charge in [-0.25, -0.2) is 9.97 Å². The lowest BCUT2D eigenvalue weighted by Gasteiger charge is -2.20. The van der Waals surface area contributed by atoms with Gasteiger partial charge in [0.1, 0.15) is 16.2 Å². The van der Waals surface area contributed by atoms with Crippen LogP contribution in [-0.4, -0.2) is 27.7 Å². The van der Waals surface area contributed by atoms with Crippen LogP contribution in [0.25, 0.3) is 0 Å². The Hall–Kier alpha value is -0.680. The van der Waals surface area contributed by atoms with E-state index in [1.807, 2.05) is 6.07 Å². The first-order chi connectivity index (χ1) is 8.60. The monoisotopic (exact) mass is 313 g/mol. The van der Waals surface area contributed by atoms with Crippen LogP contribution in [0.15, 0.2) is 10.7 Å². The van der Waals surface area contributed by atoms with Crippen LogP contribution in [0.5, 0.6) is 0 Å². The van der Waals surface area contributed by atoms with E-state index in [4.69, 9.17) is 0 Å². The summed E-state index contributed by atoms with van der Waals surface area (Å²) in [5.74, 6) is 2.35. The molecule has 4 nitrogen and oxygen atoms in total. The molecule has 2 rings (SSSR count). The molecule has 0 amide bonds. The summed E-state index contributed by atoms with van der Waals surface area (Å²) < 4.78 is 0.808. The molecule has 1 aromatic heterocycles. The Kier molecular flexibility index (Phi) is 4.56. The van der Waals surface area contributed by atoms with E-state index in [0.717, 1.165) is 29.1 Å². The molecule has 0 radical (unpaired) electrons. The molecule has 0 aromatic carbocycles. The molecule has 0 spiro atoms. The zero-order valence-electron chi connectivity index (χ0n) is 10.9. The van der Waals surface area contributed by atoms with Gasteiger partial charge in [-0.2, -0.15) is 0 Å². The van der Waals surface area contributed by atoms with Crippen molar-refractivity contribution in [1.29, 1.82) is 0 Å². The van der Waals surface area contributed by atoms with Crippen LogP contribution < -0.4 is 5.32 Å². The van der Waals surface area contributed by atoms with E-state index in [1.165, 1.54) is 6.42 Å². The second kappa shape index (κ2) is 5.97. The van der Waals surface area contributed by atoms with Crippen LogP contribution in [0.4, 0.5) is 5.82 Å². The van der Waals surface area contributed by atoms with Crippen molar-refractivity contribution >= 4 is 21.7 Å². The van der Waals surface area contributed by atoms with Crippen LogP contribution in [0, 0.1) is 5.92 Å². The molecule has 1 heterocycles. The van der Waals surface area contributed by atoms with Gasteiger partial charge in [0.05, 0.1) is 0 Å². The average molecular weight is 314 g/mol. The minimum absolute atomic E-state index is 0.251. The third-order valence-electron chi connectivity index (χ3n) is 3.46. The molecule has 0 bridgehead atoms. The van der Waals surface area contributed by atoms with Gasteiger partial charge in [-0.3, -0.25) is 0 Å². The van der Waals surface area contributed by atoms with Crippen LogP contribution in [0.1, 0.15) is 44.9 Å². The van der Waals surface area contributed by atoms with Gasteiger partial charge in [-0.15, -0.1) is 0 Å². The minimum atomic E-state index is 0.251. The highest BCUT2D eigenvalue weighted by molar-refractivity contribution is 9.10. The molecule has 5 heteroatoms. The van der Waals surface area contributed by atoms with Crippen LogP contribution >= 0.6 is 15.9 Å². The number of anilines is 1. The fourth-order valence-electron chi connectivity index (χ4n) is 2.40. The van der Waals surface area contributed by atoms with Gasteiger partial charge in [0.25, 0.3) is 0 Å². The van der Waals surface area contributed by atoms with Crippen LogP contribution in [-0.2, 0) is 0 Å². The highest BCUT2D eigenvalue weighted by Gasteiger charge is 2.26. The highest BCUT2D eigenvalue weighted by Crippen LogP contribution is 2.28. The molecule has 1 saturated carbocycles. The van der Waals surface area contributed by atoms with Gasteiger partial charge < -0.3 is 10.4 Å². The maximum atomic E-state index is 9.33. The highest BCUT2D eigenvalue weighted by atomic mass is 79.9. The first-order valence-electron chi connectivity index (χ1n) is 6.52. The average Bonchev–Trinajstić information content (AvgIpc) is 2.75. The number of halogens is 1. The molecule has 1 aromatic rings. The largest absolute Gasteiger partial charge is 0.396 e. The van der Waals surface area contributed by atoms with Crippen molar-refractivity contribution < 1.29 is 5.11 Å². The van der Waals surface area contributed by atoms with Crippen molar-refractivity contribution in [2.75, 3.05) is 11.9 Å². The number of aromatic nitrogens is 2. The number of rotatable bonds is 4. The normalized spacial score (nSPS) is 23.6. The predicted molar refractivity (Wildman–Crippen MR) is 75.7 cm³/mol. The second-order valence-corrected chi connectivity index (χ2v) is 6.03. The SMILES string of the molecule is CC(C)c1nc(Br)cc(NC2CCCC2CO)n1. The topological polar surface area (TPSA) is 58.0 Å². The van der Waals surface area contributed by atoms with Gasteiger partial charge in [0, 0.05) is 30.6 Å². The van der Waals surface area contributed by atoms with E-state index in [0.29, 0.717) is 17.9 Å². The summed E-state index contributed by atoms with van der Waals surface area (Å²) in [5.41, 5.74) is 0.